The molecule has 3 heterocycles. The summed E-state index contributed by atoms with van der Waals surface area (Å²) in [6.45, 7) is 3.83. The van der Waals surface area contributed by atoms with Crippen LogP contribution in [0.5, 0.6) is 0 Å². The first kappa shape index (κ1) is 23.4. The number of ether oxygens (including phenoxy) is 2. The van der Waals surface area contributed by atoms with Crippen molar-refractivity contribution in [3.63, 3.8) is 0 Å². The standard InChI is InChI=1S/C27H28N4O3/c1-2-3-15-34-26(32)25-18-24(30-27(31-25)29-23-12-16-33-17-13-23)22-10-8-20(9-11-22)6-7-21-5-4-14-28-19-21/h4-5,8-11,14,18-19,23H,2-3,12-13,15-17H2,1H3,(H,29,30,31). The van der Waals surface area contributed by atoms with Gasteiger partial charge in [0.25, 0.3) is 0 Å². The minimum atomic E-state index is -0.439. The monoisotopic (exact) mass is 456 g/mol. The number of benzene rings is 1. The number of nitrogens with one attached hydrogen (secondary N) is 1. The minimum absolute atomic E-state index is 0.207. The lowest BCUT2D eigenvalue weighted by molar-refractivity contribution is 0.0492. The average Bonchev–Trinajstić information content (AvgIpc) is 2.89. The van der Waals surface area contributed by atoms with Crippen molar-refractivity contribution in [1.82, 2.24) is 15.0 Å². The van der Waals surface area contributed by atoms with Crippen molar-refractivity contribution in [2.45, 2.75) is 38.6 Å². The molecule has 0 amide bonds. The molecule has 1 fully saturated rings. The lowest BCUT2D eigenvalue weighted by Crippen LogP contribution is -2.29. The third-order valence-electron chi connectivity index (χ3n) is 5.41. The second kappa shape index (κ2) is 11.9. The fourth-order valence-electron chi connectivity index (χ4n) is 3.48. The molecular weight excluding hydrogens is 428 g/mol. The van der Waals surface area contributed by atoms with E-state index in [4.69, 9.17) is 9.47 Å². The van der Waals surface area contributed by atoms with Gasteiger partial charge >= 0.3 is 5.97 Å². The Morgan fingerprint density at radius 2 is 1.91 bits per heavy atom. The molecule has 1 aliphatic heterocycles. The molecule has 0 unspecified atom stereocenters. The van der Waals surface area contributed by atoms with Gasteiger partial charge in [-0.15, -0.1) is 0 Å². The highest BCUT2D eigenvalue weighted by Gasteiger charge is 2.18. The Balaban J connectivity index is 1.57. The highest BCUT2D eigenvalue weighted by molar-refractivity contribution is 5.89. The maximum absolute atomic E-state index is 12.6. The van der Waals surface area contributed by atoms with E-state index in [-0.39, 0.29) is 11.7 Å². The Kier molecular flexibility index (Phi) is 8.20. The largest absolute Gasteiger partial charge is 0.461 e. The highest BCUT2D eigenvalue weighted by atomic mass is 16.5. The molecular formula is C27H28N4O3. The van der Waals surface area contributed by atoms with Crippen LogP contribution in [0.1, 0.15) is 54.2 Å². The number of hydrogen-bond acceptors (Lipinski definition) is 7. The number of hydrogen-bond donors (Lipinski definition) is 1. The Bertz CT molecular complexity index is 1150. The van der Waals surface area contributed by atoms with E-state index in [1.165, 1.54) is 0 Å². The van der Waals surface area contributed by atoms with Crippen molar-refractivity contribution in [1.29, 1.82) is 0 Å². The molecule has 0 bridgehead atoms. The van der Waals surface area contributed by atoms with Crippen LogP contribution in [0.25, 0.3) is 11.3 Å². The molecule has 1 aliphatic rings. The molecule has 1 saturated heterocycles. The smallest absolute Gasteiger partial charge is 0.357 e. The molecule has 1 N–H and O–H groups in total. The van der Waals surface area contributed by atoms with Crippen LogP contribution in [0.4, 0.5) is 5.95 Å². The van der Waals surface area contributed by atoms with Gasteiger partial charge in [-0.05, 0) is 49.6 Å². The summed E-state index contributed by atoms with van der Waals surface area (Å²) in [7, 11) is 0. The molecule has 34 heavy (non-hydrogen) atoms. The van der Waals surface area contributed by atoms with Crippen LogP contribution >= 0.6 is 0 Å². The predicted molar refractivity (Wildman–Crippen MR) is 130 cm³/mol. The number of nitrogens with zero attached hydrogens (tertiary/aromatic N) is 3. The first-order chi connectivity index (χ1) is 16.7. The first-order valence-corrected chi connectivity index (χ1v) is 11.6. The van der Waals surface area contributed by atoms with Crippen molar-refractivity contribution in [2.24, 2.45) is 0 Å². The van der Waals surface area contributed by atoms with E-state index in [9.17, 15) is 4.79 Å². The first-order valence-electron chi connectivity index (χ1n) is 11.6. The fourth-order valence-corrected chi connectivity index (χ4v) is 3.48. The van der Waals surface area contributed by atoms with Gasteiger partial charge in [0.05, 0.1) is 12.3 Å². The molecule has 0 atom stereocenters. The lowest BCUT2D eigenvalue weighted by Gasteiger charge is -2.23. The van der Waals surface area contributed by atoms with Crippen LogP contribution < -0.4 is 5.32 Å². The summed E-state index contributed by atoms with van der Waals surface area (Å²) in [6, 6.07) is 13.4. The molecule has 7 heteroatoms. The van der Waals surface area contributed by atoms with E-state index in [0.29, 0.717) is 31.5 Å². The second-order valence-electron chi connectivity index (χ2n) is 8.05. The summed E-state index contributed by atoms with van der Waals surface area (Å²) >= 11 is 0. The molecule has 1 aromatic carbocycles. The van der Waals surface area contributed by atoms with Crippen LogP contribution in [-0.2, 0) is 9.47 Å². The average molecular weight is 457 g/mol. The molecule has 0 spiro atoms. The van der Waals surface area contributed by atoms with E-state index in [2.05, 4.69) is 39.0 Å². The molecule has 7 nitrogen and oxygen atoms in total. The minimum Gasteiger partial charge on any atom is -0.461 e. The Morgan fingerprint density at radius 3 is 2.65 bits per heavy atom. The maximum atomic E-state index is 12.6. The number of esters is 1. The number of anilines is 1. The van der Waals surface area contributed by atoms with Crippen LogP contribution in [0.15, 0.2) is 54.9 Å². The van der Waals surface area contributed by atoms with E-state index < -0.39 is 5.97 Å². The van der Waals surface area contributed by atoms with Gasteiger partial charge in [0.1, 0.15) is 0 Å². The van der Waals surface area contributed by atoms with Crippen LogP contribution in [0.2, 0.25) is 0 Å². The molecule has 4 rings (SSSR count). The lowest BCUT2D eigenvalue weighted by atomic mass is 10.1. The van der Waals surface area contributed by atoms with Gasteiger partial charge in [0.15, 0.2) is 5.69 Å². The topological polar surface area (TPSA) is 86.2 Å². The Morgan fingerprint density at radius 1 is 1.12 bits per heavy atom. The third-order valence-corrected chi connectivity index (χ3v) is 5.41. The Hall–Kier alpha value is -3.76. The van der Waals surface area contributed by atoms with Gasteiger partial charge in [-0.1, -0.05) is 37.3 Å². The van der Waals surface area contributed by atoms with E-state index in [1.54, 1.807) is 18.5 Å². The van der Waals surface area contributed by atoms with Crippen molar-refractivity contribution < 1.29 is 14.3 Å². The molecule has 0 radical (unpaired) electrons. The van der Waals surface area contributed by atoms with Gasteiger partial charge in [0, 0.05) is 48.3 Å². The number of carbonyl (C=O) groups is 1. The van der Waals surface area contributed by atoms with Gasteiger partial charge in [0.2, 0.25) is 5.95 Å². The predicted octanol–water partition coefficient (Wildman–Crippen LogP) is 4.49. The summed E-state index contributed by atoms with van der Waals surface area (Å²) < 4.78 is 10.8. The zero-order valence-corrected chi connectivity index (χ0v) is 19.3. The SMILES string of the molecule is CCCCOC(=O)c1cc(-c2ccc(C#Cc3cccnc3)cc2)nc(NC2CCOCC2)n1. The van der Waals surface area contributed by atoms with E-state index >= 15 is 0 Å². The Labute approximate surface area is 200 Å². The zero-order valence-electron chi connectivity index (χ0n) is 19.3. The number of unbranched alkanes of at least 4 members (excludes halogenated alkanes) is 1. The van der Waals surface area contributed by atoms with Crippen molar-refractivity contribution in [3.8, 4) is 23.1 Å². The summed E-state index contributed by atoms with van der Waals surface area (Å²) in [5.74, 6) is 6.23. The van der Waals surface area contributed by atoms with E-state index in [0.717, 1.165) is 42.4 Å². The summed E-state index contributed by atoms with van der Waals surface area (Å²) in [4.78, 5) is 25.8. The quantitative estimate of drug-likeness (QED) is 0.319. The molecule has 3 aromatic rings. The van der Waals surface area contributed by atoms with Gasteiger partial charge in [-0.2, -0.15) is 0 Å². The van der Waals surface area contributed by atoms with Crippen LogP contribution in [0, 0.1) is 11.8 Å². The normalized spacial score (nSPS) is 13.6. The maximum Gasteiger partial charge on any atom is 0.357 e. The van der Waals surface area contributed by atoms with Crippen molar-refractivity contribution >= 4 is 11.9 Å². The summed E-state index contributed by atoms with van der Waals surface area (Å²) in [6.07, 6.45) is 6.96. The highest BCUT2D eigenvalue weighted by Crippen LogP contribution is 2.22. The summed E-state index contributed by atoms with van der Waals surface area (Å²) in [5, 5.41) is 3.37. The second-order valence-corrected chi connectivity index (χ2v) is 8.05. The van der Waals surface area contributed by atoms with Gasteiger partial charge in [-0.3, -0.25) is 4.98 Å². The number of carbonyl (C=O) groups excluding carboxylic acids is 1. The number of rotatable bonds is 7. The van der Waals surface area contributed by atoms with Gasteiger partial charge < -0.3 is 14.8 Å². The van der Waals surface area contributed by atoms with Crippen molar-refractivity contribution in [2.75, 3.05) is 25.1 Å². The molecule has 174 valence electrons. The van der Waals surface area contributed by atoms with E-state index in [1.807, 2.05) is 36.4 Å². The van der Waals surface area contributed by atoms with Crippen LogP contribution in [-0.4, -0.2) is 46.8 Å². The zero-order chi connectivity index (χ0) is 23.6. The summed E-state index contributed by atoms with van der Waals surface area (Å²) in [5.41, 5.74) is 3.50. The molecule has 2 aromatic heterocycles. The third kappa shape index (κ3) is 6.63. The number of aromatic nitrogens is 3. The number of pyridine rings is 1. The molecule has 0 aliphatic carbocycles. The van der Waals surface area contributed by atoms with Crippen LogP contribution in [0.3, 0.4) is 0 Å². The molecule has 0 saturated carbocycles. The fraction of sp³-hybridized carbons (Fsp3) is 0.333. The van der Waals surface area contributed by atoms with Crippen molar-refractivity contribution in [3.05, 3.63) is 71.7 Å². The van der Waals surface area contributed by atoms with Gasteiger partial charge in [-0.25, -0.2) is 14.8 Å².